The molecule has 3 aromatic rings. The van der Waals surface area contributed by atoms with E-state index in [1.807, 2.05) is 0 Å². The molecule has 0 saturated heterocycles. The number of carbonyl (C=O) groups is 1. The summed E-state index contributed by atoms with van der Waals surface area (Å²) in [7, 11) is -4.20. The van der Waals surface area contributed by atoms with Crippen molar-refractivity contribution in [2.24, 2.45) is 0 Å². The highest BCUT2D eigenvalue weighted by atomic mass is 35.5. The van der Waals surface area contributed by atoms with Crippen LogP contribution in [0, 0.1) is 13.8 Å². The van der Waals surface area contributed by atoms with Gasteiger partial charge in [0.25, 0.3) is 10.0 Å². The number of carbonyl (C=O) groups excluding carboxylic acids is 1. The Bertz CT molecular complexity index is 1220. The van der Waals surface area contributed by atoms with E-state index in [1.165, 1.54) is 25.1 Å². The average Bonchev–Trinajstić information content (AvgIpc) is 2.95. The van der Waals surface area contributed by atoms with Crippen LogP contribution in [0.3, 0.4) is 0 Å². The van der Waals surface area contributed by atoms with Crippen LogP contribution in [0.25, 0.3) is 0 Å². The first kappa shape index (κ1) is 21.5. The predicted octanol–water partition coefficient (Wildman–Crippen LogP) is 4.94. The van der Waals surface area contributed by atoms with E-state index in [-0.39, 0.29) is 26.2 Å². The number of aromatic nitrogens is 1. The van der Waals surface area contributed by atoms with Crippen molar-refractivity contribution in [3.05, 3.63) is 74.0 Å². The van der Waals surface area contributed by atoms with Crippen molar-refractivity contribution < 1.29 is 23.4 Å². The third-order valence-corrected chi connectivity index (χ3v) is 7.17. The molecular formula is C19H14Cl3NO5S. The highest BCUT2D eigenvalue weighted by molar-refractivity contribution is 7.90. The van der Waals surface area contributed by atoms with Gasteiger partial charge in [-0.25, -0.2) is 12.4 Å². The number of nitrogens with zero attached hydrogens (tertiary/aromatic N) is 1. The molecule has 0 amide bonds. The molecule has 0 atom stereocenters. The summed E-state index contributed by atoms with van der Waals surface area (Å²) < 4.78 is 26.5. The normalized spacial score (nSPS) is 11.6. The monoisotopic (exact) mass is 473 g/mol. The molecule has 0 saturated carbocycles. The molecule has 0 radical (unpaired) electrons. The first-order valence-electron chi connectivity index (χ1n) is 8.11. The van der Waals surface area contributed by atoms with E-state index in [1.54, 1.807) is 19.1 Å². The van der Waals surface area contributed by atoms with Crippen LogP contribution in [-0.2, 0) is 10.0 Å². The number of phenols is 2. The fourth-order valence-corrected chi connectivity index (χ4v) is 5.30. The fraction of sp³-hybridized carbons (Fsp3) is 0.105. The molecule has 0 aliphatic heterocycles. The first-order valence-corrected chi connectivity index (χ1v) is 10.7. The summed E-state index contributed by atoms with van der Waals surface area (Å²) in [5, 5.41) is 19.4. The van der Waals surface area contributed by atoms with E-state index in [4.69, 9.17) is 34.8 Å². The number of benzene rings is 2. The molecule has 2 N–H and O–H groups in total. The number of halogens is 3. The standard InChI is InChI=1S/C19H14Cl3NO5S/c1-9-3-5-11(6-4-9)29(27,28)23-14(21)8-12(19(23)22)17(25)15-16(24)10(2)7-13(20)18(15)26/h3-8,24,26H,1-2H3. The van der Waals surface area contributed by atoms with E-state index >= 15 is 0 Å². The molecule has 0 aliphatic carbocycles. The van der Waals surface area contributed by atoms with Crippen LogP contribution in [0.4, 0.5) is 0 Å². The van der Waals surface area contributed by atoms with E-state index in [9.17, 15) is 23.4 Å². The molecule has 2 aromatic carbocycles. The zero-order valence-electron chi connectivity index (χ0n) is 15.1. The molecule has 0 unspecified atom stereocenters. The zero-order valence-corrected chi connectivity index (χ0v) is 18.2. The number of aromatic hydroxyl groups is 2. The Morgan fingerprint density at radius 2 is 1.55 bits per heavy atom. The zero-order chi connectivity index (χ0) is 21.7. The van der Waals surface area contributed by atoms with Gasteiger partial charge in [-0.1, -0.05) is 52.5 Å². The summed E-state index contributed by atoms with van der Waals surface area (Å²) in [5.41, 5.74) is 0.273. The Labute approximate surface area is 181 Å². The van der Waals surface area contributed by atoms with Crippen molar-refractivity contribution in [3.63, 3.8) is 0 Å². The first-order chi connectivity index (χ1) is 13.5. The van der Waals surface area contributed by atoms with Crippen molar-refractivity contribution in [2.75, 3.05) is 0 Å². The summed E-state index contributed by atoms with van der Waals surface area (Å²) in [6.45, 7) is 3.29. The molecule has 3 rings (SSSR count). The Morgan fingerprint density at radius 3 is 2.14 bits per heavy atom. The third-order valence-electron chi connectivity index (χ3n) is 4.31. The maximum absolute atomic E-state index is 13.0. The van der Waals surface area contributed by atoms with Gasteiger partial charge in [0.1, 0.15) is 27.4 Å². The number of phenolic OH excluding ortho intramolecular Hbond substituents is 2. The Kier molecular flexibility index (Phi) is 5.62. The molecule has 1 heterocycles. The largest absolute Gasteiger partial charge is 0.507 e. The molecule has 1 aromatic heterocycles. The number of ketones is 1. The van der Waals surface area contributed by atoms with Crippen molar-refractivity contribution >= 4 is 50.6 Å². The van der Waals surface area contributed by atoms with Crippen LogP contribution >= 0.6 is 34.8 Å². The summed E-state index contributed by atoms with van der Waals surface area (Å²) in [6, 6.07) is 8.31. The number of hydrogen-bond donors (Lipinski definition) is 2. The smallest absolute Gasteiger partial charge is 0.270 e. The van der Waals surface area contributed by atoms with Gasteiger partial charge in [0.15, 0.2) is 0 Å². The average molecular weight is 475 g/mol. The van der Waals surface area contributed by atoms with Crippen LogP contribution in [0.2, 0.25) is 15.3 Å². The molecule has 0 fully saturated rings. The van der Waals surface area contributed by atoms with Crippen molar-refractivity contribution in [1.29, 1.82) is 0 Å². The van der Waals surface area contributed by atoms with Gasteiger partial charge in [-0.3, -0.25) is 4.79 Å². The molecule has 0 bridgehead atoms. The summed E-state index contributed by atoms with van der Waals surface area (Å²) in [4.78, 5) is 12.9. The predicted molar refractivity (Wildman–Crippen MR) is 111 cm³/mol. The van der Waals surface area contributed by atoms with Gasteiger partial charge in [0.05, 0.1) is 15.5 Å². The second kappa shape index (κ2) is 7.57. The van der Waals surface area contributed by atoms with E-state index < -0.39 is 38.0 Å². The molecule has 0 aliphatic rings. The lowest BCUT2D eigenvalue weighted by Crippen LogP contribution is -2.14. The molecule has 6 nitrogen and oxygen atoms in total. The van der Waals surface area contributed by atoms with Gasteiger partial charge in [-0.2, -0.15) is 0 Å². The lowest BCUT2D eigenvalue weighted by molar-refractivity contribution is 0.103. The van der Waals surface area contributed by atoms with Crippen LogP contribution in [-0.4, -0.2) is 28.4 Å². The maximum Gasteiger partial charge on any atom is 0.270 e. The van der Waals surface area contributed by atoms with Crippen molar-refractivity contribution in [3.8, 4) is 11.5 Å². The molecule has 152 valence electrons. The Hall–Kier alpha value is -2.19. The van der Waals surface area contributed by atoms with Gasteiger partial charge < -0.3 is 10.2 Å². The molecule has 0 spiro atoms. The van der Waals surface area contributed by atoms with E-state index in [2.05, 4.69) is 0 Å². The van der Waals surface area contributed by atoms with E-state index in [0.29, 0.717) is 3.97 Å². The Balaban J connectivity index is 2.19. The van der Waals surface area contributed by atoms with E-state index in [0.717, 1.165) is 11.6 Å². The second-order valence-corrected chi connectivity index (χ2v) is 9.27. The molecule has 29 heavy (non-hydrogen) atoms. The maximum atomic E-state index is 13.0. The summed E-state index contributed by atoms with van der Waals surface area (Å²) in [5.74, 6) is -2.09. The minimum Gasteiger partial charge on any atom is -0.507 e. The van der Waals surface area contributed by atoms with Crippen LogP contribution in [0.15, 0.2) is 41.3 Å². The lowest BCUT2D eigenvalue weighted by Gasteiger charge is -2.11. The van der Waals surface area contributed by atoms with Gasteiger partial charge >= 0.3 is 0 Å². The number of hydrogen-bond acceptors (Lipinski definition) is 5. The van der Waals surface area contributed by atoms with Crippen LogP contribution in [0.5, 0.6) is 11.5 Å². The SMILES string of the molecule is Cc1ccc(S(=O)(=O)n2c(Cl)cc(C(=O)c3c(O)c(C)cc(Cl)c3O)c2Cl)cc1. The summed E-state index contributed by atoms with van der Waals surface area (Å²) in [6.07, 6.45) is 0. The molecular weight excluding hydrogens is 461 g/mol. The van der Waals surface area contributed by atoms with Crippen LogP contribution < -0.4 is 0 Å². The minimum atomic E-state index is -4.20. The quantitative estimate of drug-likeness (QED) is 0.522. The van der Waals surface area contributed by atoms with Crippen molar-refractivity contribution in [2.45, 2.75) is 18.7 Å². The lowest BCUT2D eigenvalue weighted by atomic mass is 10.0. The summed E-state index contributed by atoms with van der Waals surface area (Å²) >= 11 is 18.2. The van der Waals surface area contributed by atoms with Gasteiger partial charge in [0, 0.05) is 0 Å². The third kappa shape index (κ3) is 3.59. The fourth-order valence-electron chi connectivity index (χ4n) is 2.74. The van der Waals surface area contributed by atoms with Gasteiger partial charge in [-0.05, 0) is 43.7 Å². The Morgan fingerprint density at radius 1 is 0.966 bits per heavy atom. The highest BCUT2D eigenvalue weighted by Gasteiger charge is 2.31. The molecule has 10 heteroatoms. The number of rotatable bonds is 4. The number of aryl methyl sites for hydroxylation is 2. The van der Waals surface area contributed by atoms with Crippen molar-refractivity contribution in [1.82, 2.24) is 3.97 Å². The highest BCUT2D eigenvalue weighted by Crippen LogP contribution is 2.40. The second-order valence-electron chi connectivity index (χ2n) is 6.33. The minimum absolute atomic E-state index is 0.0780. The van der Waals surface area contributed by atoms with Crippen LogP contribution in [0.1, 0.15) is 27.0 Å². The van der Waals surface area contributed by atoms with Gasteiger partial charge in [-0.15, -0.1) is 0 Å². The topological polar surface area (TPSA) is 96.6 Å². The van der Waals surface area contributed by atoms with Gasteiger partial charge in [0.2, 0.25) is 5.78 Å².